The van der Waals surface area contributed by atoms with Crippen molar-refractivity contribution in [3.63, 3.8) is 0 Å². The Morgan fingerprint density at radius 2 is 2.00 bits per heavy atom. The first kappa shape index (κ1) is 17.0. The Balaban J connectivity index is 2.03. The van der Waals surface area contributed by atoms with Gasteiger partial charge in [0.2, 0.25) is 0 Å². The number of aromatic nitrogens is 2. The molecule has 1 aromatic carbocycles. The van der Waals surface area contributed by atoms with E-state index in [4.69, 9.17) is 4.74 Å². The molecule has 0 aliphatic rings. The number of amides is 1. The van der Waals surface area contributed by atoms with Crippen molar-refractivity contribution in [3.05, 3.63) is 53.3 Å². The van der Waals surface area contributed by atoms with Gasteiger partial charge in [-0.2, -0.15) is 0 Å². The van der Waals surface area contributed by atoms with E-state index in [0.29, 0.717) is 5.56 Å². The Morgan fingerprint density at radius 1 is 1.28 bits per heavy atom. The van der Waals surface area contributed by atoms with E-state index in [1.165, 1.54) is 0 Å². The first-order chi connectivity index (χ1) is 12.0. The lowest BCUT2D eigenvalue weighted by atomic mass is 10.1. The van der Waals surface area contributed by atoms with E-state index in [0.717, 1.165) is 40.3 Å². The molecule has 0 saturated heterocycles. The normalized spacial score (nSPS) is 11.1. The minimum Gasteiger partial charge on any atom is -0.488 e. The number of hydrogen-bond donors (Lipinski definition) is 2. The van der Waals surface area contributed by atoms with Gasteiger partial charge < -0.3 is 15.0 Å². The maximum absolute atomic E-state index is 12.5. The summed E-state index contributed by atoms with van der Waals surface area (Å²) in [4.78, 5) is 20.5. The van der Waals surface area contributed by atoms with Crippen LogP contribution in [0.2, 0.25) is 0 Å². The van der Waals surface area contributed by atoms with Gasteiger partial charge in [0.1, 0.15) is 11.4 Å². The first-order valence-electron chi connectivity index (χ1n) is 8.54. The third-order valence-corrected chi connectivity index (χ3v) is 3.97. The van der Waals surface area contributed by atoms with Crippen molar-refractivity contribution in [2.75, 3.05) is 5.32 Å². The monoisotopic (exact) mass is 337 g/mol. The molecule has 0 bridgehead atoms. The third-order valence-electron chi connectivity index (χ3n) is 3.97. The molecule has 25 heavy (non-hydrogen) atoms. The Labute approximate surface area is 147 Å². The van der Waals surface area contributed by atoms with E-state index in [1.807, 2.05) is 52.0 Å². The van der Waals surface area contributed by atoms with Gasteiger partial charge in [-0.25, -0.2) is 4.98 Å². The first-order valence-corrected chi connectivity index (χ1v) is 8.54. The third kappa shape index (κ3) is 3.50. The maximum atomic E-state index is 12.5. The van der Waals surface area contributed by atoms with Crippen molar-refractivity contribution in [2.24, 2.45) is 0 Å². The standard InChI is InChI=1S/C20H23N3O2/c1-5-16-17(23-20(24)14-9-7-6-8-10-14)11-15-18(25-12(2)3)13(4)21-19(15)22-16/h6-12H,5H2,1-4H3,(H,21,22)(H,23,24). The molecule has 130 valence electrons. The smallest absolute Gasteiger partial charge is 0.255 e. The van der Waals surface area contributed by atoms with Gasteiger partial charge in [0.05, 0.1) is 28.6 Å². The summed E-state index contributed by atoms with van der Waals surface area (Å²) in [6.45, 7) is 7.97. The highest BCUT2D eigenvalue weighted by molar-refractivity contribution is 6.05. The molecule has 0 atom stereocenters. The molecule has 2 heterocycles. The van der Waals surface area contributed by atoms with Crippen molar-refractivity contribution < 1.29 is 9.53 Å². The van der Waals surface area contributed by atoms with Crippen LogP contribution in [-0.2, 0) is 6.42 Å². The second-order valence-corrected chi connectivity index (χ2v) is 6.30. The molecule has 1 amide bonds. The van der Waals surface area contributed by atoms with Crippen molar-refractivity contribution in [1.29, 1.82) is 0 Å². The maximum Gasteiger partial charge on any atom is 0.255 e. The number of H-pyrrole nitrogens is 1. The quantitative estimate of drug-likeness (QED) is 0.721. The highest BCUT2D eigenvalue weighted by Crippen LogP contribution is 2.33. The Bertz CT molecular complexity index is 898. The van der Waals surface area contributed by atoms with Crippen molar-refractivity contribution >= 4 is 22.6 Å². The molecule has 5 heteroatoms. The van der Waals surface area contributed by atoms with Crippen LogP contribution < -0.4 is 10.1 Å². The summed E-state index contributed by atoms with van der Waals surface area (Å²) >= 11 is 0. The number of benzene rings is 1. The fourth-order valence-electron chi connectivity index (χ4n) is 2.81. The van der Waals surface area contributed by atoms with Gasteiger partial charge in [-0.05, 0) is 45.4 Å². The summed E-state index contributed by atoms with van der Waals surface area (Å²) in [6.07, 6.45) is 0.782. The zero-order valence-corrected chi connectivity index (χ0v) is 15.0. The van der Waals surface area contributed by atoms with Crippen LogP contribution in [-0.4, -0.2) is 22.0 Å². The van der Waals surface area contributed by atoms with Crippen LogP contribution in [0.25, 0.3) is 11.0 Å². The predicted molar refractivity (Wildman–Crippen MR) is 100 cm³/mol. The highest BCUT2D eigenvalue weighted by Gasteiger charge is 2.17. The number of anilines is 1. The largest absolute Gasteiger partial charge is 0.488 e. The molecule has 0 fully saturated rings. The zero-order valence-electron chi connectivity index (χ0n) is 15.0. The number of aryl methyl sites for hydroxylation is 2. The lowest BCUT2D eigenvalue weighted by molar-refractivity contribution is 0.102. The summed E-state index contributed by atoms with van der Waals surface area (Å²) < 4.78 is 5.93. The number of nitrogens with one attached hydrogen (secondary N) is 2. The summed E-state index contributed by atoms with van der Waals surface area (Å²) in [6, 6.07) is 11.1. The number of aromatic amines is 1. The van der Waals surface area contributed by atoms with Gasteiger partial charge in [0.15, 0.2) is 0 Å². The van der Waals surface area contributed by atoms with E-state index < -0.39 is 0 Å². The van der Waals surface area contributed by atoms with E-state index in [1.54, 1.807) is 12.1 Å². The topological polar surface area (TPSA) is 67.0 Å². The van der Waals surface area contributed by atoms with Crippen molar-refractivity contribution in [2.45, 2.75) is 40.2 Å². The zero-order chi connectivity index (χ0) is 18.0. The SMILES string of the molecule is CCc1nc2[nH]c(C)c(OC(C)C)c2cc1NC(=O)c1ccccc1. The van der Waals surface area contributed by atoms with Gasteiger partial charge in [0, 0.05) is 5.56 Å². The lowest BCUT2D eigenvalue weighted by Gasteiger charge is -2.12. The van der Waals surface area contributed by atoms with Gasteiger partial charge in [-0.15, -0.1) is 0 Å². The molecule has 2 N–H and O–H groups in total. The molecule has 5 nitrogen and oxygen atoms in total. The van der Waals surface area contributed by atoms with Gasteiger partial charge >= 0.3 is 0 Å². The molecular formula is C20H23N3O2. The van der Waals surface area contributed by atoms with Crippen LogP contribution in [0, 0.1) is 6.92 Å². The molecule has 2 aromatic heterocycles. The highest BCUT2D eigenvalue weighted by atomic mass is 16.5. The molecule has 0 aliphatic heterocycles. The average Bonchev–Trinajstić information content (AvgIpc) is 2.89. The van der Waals surface area contributed by atoms with E-state index in [2.05, 4.69) is 15.3 Å². The van der Waals surface area contributed by atoms with Crippen LogP contribution in [0.5, 0.6) is 5.75 Å². The summed E-state index contributed by atoms with van der Waals surface area (Å²) in [5.41, 5.74) is 3.90. The van der Waals surface area contributed by atoms with Crippen LogP contribution in [0.3, 0.4) is 0 Å². The molecule has 0 spiro atoms. The molecule has 3 rings (SSSR count). The second kappa shape index (κ2) is 6.97. The molecule has 0 aliphatic carbocycles. The Kier molecular flexibility index (Phi) is 4.74. The number of nitrogens with zero attached hydrogens (tertiary/aromatic N) is 1. The van der Waals surface area contributed by atoms with Crippen LogP contribution in [0.1, 0.15) is 42.5 Å². The van der Waals surface area contributed by atoms with E-state index in [-0.39, 0.29) is 12.0 Å². The van der Waals surface area contributed by atoms with Crippen LogP contribution >= 0.6 is 0 Å². The lowest BCUT2D eigenvalue weighted by Crippen LogP contribution is -2.13. The molecule has 0 radical (unpaired) electrons. The van der Waals surface area contributed by atoms with Crippen molar-refractivity contribution in [1.82, 2.24) is 9.97 Å². The number of pyridine rings is 1. The number of carbonyl (C=O) groups is 1. The number of carbonyl (C=O) groups excluding carboxylic acids is 1. The van der Waals surface area contributed by atoms with Crippen molar-refractivity contribution in [3.8, 4) is 5.75 Å². The summed E-state index contributed by atoms with van der Waals surface area (Å²) in [5.74, 6) is 0.644. The fraction of sp³-hybridized carbons (Fsp3) is 0.300. The van der Waals surface area contributed by atoms with E-state index in [9.17, 15) is 4.79 Å². The van der Waals surface area contributed by atoms with Gasteiger partial charge in [0.25, 0.3) is 5.91 Å². The van der Waals surface area contributed by atoms with Crippen LogP contribution in [0.4, 0.5) is 5.69 Å². The summed E-state index contributed by atoms with van der Waals surface area (Å²) in [7, 11) is 0. The fourth-order valence-corrected chi connectivity index (χ4v) is 2.81. The minimum absolute atomic E-state index is 0.0610. The summed E-state index contributed by atoms with van der Waals surface area (Å²) in [5, 5.41) is 3.87. The number of fused-ring (bicyclic) bond motifs is 1. The molecule has 0 saturated carbocycles. The average molecular weight is 337 g/mol. The van der Waals surface area contributed by atoms with Gasteiger partial charge in [-0.1, -0.05) is 25.1 Å². The van der Waals surface area contributed by atoms with E-state index >= 15 is 0 Å². The molecule has 3 aromatic rings. The van der Waals surface area contributed by atoms with Gasteiger partial charge in [-0.3, -0.25) is 4.79 Å². The second-order valence-electron chi connectivity index (χ2n) is 6.30. The predicted octanol–water partition coefficient (Wildman–Crippen LogP) is 4.47. The molecular weight excluding hydrogens is 314 g/mol. The molecule has 0 unspecified atom stereocenters. The Hall–Kier alpha value is -2.82. The number of rotatable bonds is 5. The number of hydrogen-bond acceptors (Lipinski definition) is 3. The van der Waals surface area contributed by atoms with Crippen LogP contribution in [0.15, 0.2) is 36.4 Å². The number of ether oxygens (including phenoxy) is 1. The minimum atomic E-state index is -0.143. The Morgan fingerprint density at radius 3 is 2.64 bits per heavy atom.